The zero-order valence-electron chi connectivity index (χ0n) is 14.6. The molecule has 1 aliphatic heterocycles. The Morgan fingerprint density at radius 1 is 1.33 bits per heavy atom. The lowest BCUT2D eigenvalue weighted by Gasteiger charge is -2.30. The number of benzene rings is 1. The largest absolute Gasteiger partial charge is 0.353 e. The van der Waals surface area contributed by atoms with Crippen LogP contribution in [0.4, 0.5) is 0 Å². The monoisotopic (exact) mass is 349 g/mol. The fraction of sp³-hybridized carbons (Fsp3) is 0.556. The van der Waals surface area contributed by atoms with E-state index in [0.29, 0.717) is 17.2 Å². The third-order valence-corrected chi connectivity index (χ3v) is 5.16. The summed E-state index contributed by atoms with van der Waals surface area (Å²) in [7, 11) is 0. The fourth-order valence-electron chi connectivity index (χ4n) is 2.72. The van der Waals surface area contributed by atoms with Gasteiger partial charge in [-0.3, -0.25) is 9.59 Å². The third kappa shape index (κ3) is 5.53. The van der Waals surface area contributed by atoms with Crippen LogP contribution in [0.25, 0.3) is 0 Å². The van der Waals surface area contributed by atoms with Gasteiger partial charge in [-0.25, -0.2) is 0 Å². The second kappa shape index (κ2) is 9.08. The van der Waals surface area contributed by atoms with Gasteiger partial charge in [0.25, 0.3) is 5.91 Å². The maximum atomic E-state index is 12.6. The summed E-state index contributed by atoms with van der Waals surface area (Å²) in [5, 5.41) is 9.32. The molecule has 1 aromatic carbocycles. The van der Waals surface area contributed by atoms with Crippen molar-refractivity contribution in [3.8, 4) is 0 Å². The molecule has 6 heteroatoms. The first-order valence-electron chi connectivity index (χ1n) is 8.50. The van der Waals surface area contributed by atoms with Gasteiger partial charge in [0.15, 0.2) is 0 Å². The third-order valence-electron chi connectivity index (χ3n) is 4.08. The van der Waals surface area contributed by atoms with Crippen molar-refractivity contribution in [3.05, 3.63) is 29.8 Å². The predicted octanol–water partition coefficient (Wildman–Crippen LogP) is 2.03. The zero-order chi connectivity index (χ0) is 17.5. The van der Waals surface area contributed by atoms with E-state index >= 15 is 0 Å². The van der Waals surface area contributed by atoms with Crippen molar-refractivity contribution in [1.82, 2.24) is 16.0 Å². The molecule has 5 nitrogen and oxygen atoms in total. The Labute approximate surface area is 148 Å². The zero-order valence-corrected chi connectivity index (χ0v) is 15.4. The number of hydrogen-bond acceptors (Lipinski definition) is 4. The van der Waals surface area contributed by atoms with Gasteiger partial charge in [-0.05, 0) is 44.9 Å². The Kier molecular flexibility index (Phi) is 7.12. The summed E-state index contributed by atoms with van der Waals surface area (Å²) in [5.41, 5.74) is 0.637. The van der Waals surface area contributed by atoms with E-state index in [1.165, 1.54) is 11.8 Å². The molecule has 2 atom stereocenters. The molecule has 1 aliphatic rings. The highest BCUT2D eigenvalue weighted by Gasteiger charge is 2.24. The average molecular weight is 350 g/mol. The number of amides is 2. The number of piperidine rings is 1. The van der Waals surface area contributed by atoms with E-state index in [-0.39, 0.29) is 23.9 Å². The first-order chi connectivity index (χ1) is 11.5. The highest BCUT2D eigenvalue weighted by molar-refractivity contribution is 8.00. The van der Waals surface area contributed by atoms with Gasteiger partial charge in [0.2, 0.25) is 5.91 Å². The molecule has 1 aromatic rings. The Hall–Kier alpha value is -1.53. The first-order valence-corrected chi connectivity index (χ1v) is 9.48. The molecule has 1 heterocycles. The molecule has 132 valence electrons. The van der Waals surface area contributed by atoms with Crippen LogP contribution in [-0.2, 0) is 4.79 Å². The van der Waals surface area contributed by atoms with Crippen LogP contribution < -0.4 is 16.0 Å². The van der Waals surface area contributed by atoms with E-state index in [1.807, 2.05) is 38.1 Å². The Morgan fingerprint density at radius 3 is 2.79 bits per heavy atom. The molecule has 0 aromatic heterocycles. The molecule has 0 saturated carbocycles. The number of thioether (sulfide) groups is 1. The van der Waals surface area contributed by atoms with Gasteiger partial charge in [-0.1, -0.05) is 19.1 Å². The van der Waals surface area contributed by atoms with Gasteiger partial charge in [0, 0.05) is 23.5 Å². The van der Waals surface area contributed by atoms with Crippen LogP contribution in [0.5, 0.6) is 0 Å². The predicted molar refractivity (Wildman–Crippen MR) is 98.3 cm³/mol. The fourth-order valence-corrected chi connectivity index (χ4v) is 3.58. The van der Waals surface area contributed by atoms with E-state index < -0.39 is 0 Å². The number of carbonyl (C=O) groups excluding carboxylic acids is 2. The molecule has 0 bridgehead atoms. The van der Waals surface area contributed by atoms with Gasteiger partial charge in [-0.2, -0.15) is 0 Å². The van der Waals surface area contributed by atoms with Crippen LogP contribution in [0.2, 0.25) is 0 Å². The minimum absolute atomic E-state index is 0.0182. The van der Waals surface area contributed by atoms with E-state index in [2.05, 4.69) is 22.9 Å². The molecular weight excluding hydrogens is 322 g/mol. The number of rotatable bonds is 6. The quantitative estimate of drug-likeness (QED) is 0.687. The summed E-state index contributed by atoms with van der Waals surface area (Å²) in [5.74, 6) is 0.689. The van der Waals surface area contributed by atoms with Gasteiger partial charge >= 0.3 is 0 Å². The molecule has 0 spiro atoms. The smallest absolute Gasteiger partial charge is 0.252 e. The van der Waals surface area contributed by atoms with Crippen LogP contribution in [0.1, 0.15) is 37.6 Å². The maximum absolute atomic E-state index is 12.6. The second-order valence-electron chi connectivity index (χ2n) is 6.56. The Bertz CT molecular complexity index is 577. The molecule has 2 amide bonds. The van der Waals surface area contributed by atoms with Crippen LogP contribution in [-0.4, -0.2) is 42.7 Å². The first kappa shape index (κ1) is 18.8. The topological polar surface area (TPSA) is 70.2 Å². The summed E-state index contributed by atoms with van der Waals surface area (Å²) in [4.78, 5) is 25.3. The van der Waals surface area contributed by atoms with E-state index in [4.69, 9.17) is 0 Å². The van der Waals surface area contributed by atoms with Crippen molar-refractivity contribution >= 4 is 23.6 Å². The molecule has 0 radical (unpaired) electrons. The summed E-state index contributed by atoms with van der Waals surface area (Å²) < 4.78 is 0. The van der Waals surface area contributed by atoms with Crippen molar-refractivity contribution in [3.63, 3.8) is 0 Å². The van der Waals surface area contributed by atoms with Crippen molar-refractivity contribution in [1.29, 1.82) is 0 Å². The molecule has 0 aliphatic carbocycles. The molecule has 24 heavy (non-hydrogen) atoms. The summed E-state index contributed by atoms with van der Waals surface area (Å²) in [6.45, 7) is 7.85. The van der Waals surface area contributed by atoms with Crippen LogP contribution in [0.3, 0.4) is 0 Å². The van der Waals surface area contributed by atoms with Crippen LogP contribution >= 0.6 is 11.8 Å². The van der Waals surface area contributed by atoms with E-state index in [9.17, 15) is 9.59 Å². The molecule has 2 unspecified atom stereocenters. The highest BCUT2D eigenvalue weighted by Crippen LogP contribution is 2.23. The van der Waals surface area contributed by atoms with Crippen molar-refractivity contribution in [2.24, 2.45) is 5.92 Å². The summed E-state index contributed by atoms with van der Waals surface area (Å²) in [6, 6.07) is 7.73. The Morgan fingerprint density at radius 2 is 2.08 bits per heavy atom. The second-order valence-corrected chi connectivity index (χ2v) is 7.57. The van der Waals surface area contributed by atoms with E-state index in [1.54, 1.807) is 0 Å². The van der Waals surface area contributed by atoms with Crippen molar-refractivity contribution in [2.45, 2.75) is 44.2 Å². The number of hydrogen-bond donors (Lipinski definition) is 3. The van der Waals surface area contributed by atoms with Crippen LogP contribution in [0.15, 0.2) is 29.2 Å². The molecular formula is C18H27N3O2S. The average Bonchev–Trinajstić information content (AvgIpc) is 2.54. The molecule has 2 rings (SSSR count). The molecule has 1 fully saturated rings. The Balaban J connectivity index is 1.99. The lowest BCUT2D eigenvalue weighted by molar-refractivity contribution is -0.119. The highest BCUT2D eigenvalue weighted by atomic mass is 32.2. The minimum atomic E-state index is -0.0667. The lowest BCUT2D eigenvalue weighted by Crippen LogP contribution is -2.50. The van der Waals surface area contributed by atoms with Gasteiger partial charge in [0.1, 0.15) is 0 Å². The van der Waals surface area contributed by atoms with Crippen molar-refractivity contribution < 1.29 is 9.59 Å². The van der Waals surface area contributed by atoms with Gasteiger partial charge < -0.3 is 16.0 Å². The number of nitrogens with one attached hydrogen (secondary N) is 3. The van der Waals surface area contributed by atoms with Crippen molar-refractivity contribution in [2.75, 3.05) is 18.8 Å². The summed E-state index contributed by atoms with van der Waals surface area (Å²) in [6.07, 6.45) is 1.07. The number of carbonyl (C=O) groups is 2. The standard InChI is InChI=1S/C18H27N3O2S/c1-12(2)20-17(22)11-24-16-7-5-4-6-14(16)18(23)21-15-10-19-9-8-13(15)3/h4-7,12-13,15,19H,8-11H2,1-3H3,(H,20,22)(H,21,23). The minimum Gasteiger partial charge on any atom is -0.353 e. The maximum Gasteiger partial charge on any atom is 0.252 e. The summed E-state index contributed by atoms with van der Waals surface area (Å²) >= 11 is 1.40. The van der Waals surface area contributed by atoms with Crippen LogP contribution in [0, 0.1) is 5.92 Å². The lowest BCUT2D eigenvalue weighted by atomic mass is 9.94. The normalized spacial score (nSPS) is 20.7. The molecule has 3 N–H and O–H groups in total. The van der Waals surface area contributed by atoms with Gasteiger partial charge in [-0.15, -0.1) is 11.8 Å². The molecule has 1 saturated heterocycles. The van der Waals surface area contributed by atoms with E-state index in [0.717, 1.165) is 24.4 Å². The SMILES string of the molecule is CC(C)NC(=O)CSc1ccccc1C(=O)NC1CNCCC1C. The van der Waals surface area contributed by atoms with Gasteiger partial charge in [0.05, 0.1) is 11.3 Å².